The van der Waals surface area contributed by atoms with Gasteiger partial charge >= 0.3 is 0 Å². The minimum absolute atomic E-state index is 0.666. The summed E-state index contributed by atoms with van der Waals surface area (Å²) in [6.45, 7) is 3.65. The van der Waals surface area contributed by atoms with Gasteiger partial charge in [0.15, 0.2) is 0 Å². The smallest absolute Gasteiger partial charge is 0.119 e. The quantitative estimate of drug-likeness (QED) is 0.667. The highest BCUT2D eigenvalue weighted by Gasteiger charge is 2.07. The predicted octanol–water partition coefficient (Wildman–Crippen LogP) is 4.54. The van der Waals surface area contributed by atoms with Gasteiger partial charge in [-0.3, -0.25) is 0 Å². The molecule has 3 aromatic rings. The highest BCUT2D eigenvalue weighted by molar-refractivity contribution is 5.60. The molecule has 0 fully saturated rings. The molecular weight excluding hydrogens is 258 g/mol. The molecule has 0 radical (unpaired) electrons. The molecule has 0 N–H and O–H groups in total. The van der Waals surface area contributed by atoms with Crippen LogP contribution in [-0.2, 0) is 6.54 Å². The number of nitrogens with zero attached hydrogens (tertiary/aromatic N) is 1. The molecule has 0 aliphatic heterocycles. The fourth-order valence-electron chi connectivity index (χ4n) is 2.50. The van der Waals surface area contributed by atoms with Gasteiger partial charge in [-0.05, 0) is 36.8 Å². The second-order valence-corrected chi connectivity index (χ2v) is 5.04. The van der Waals surface area contributed by atoms with E-state index < -0.39 is 0 Å². The summed E-state index contributed by atoms with van der Waals surface area (Å²) in [5, 5.41) is 0. The zero-order chi connectivity index (χ0) is 14.5. The van der Waals surface area contributed by atoms with Crippen molar-refractivity contribution in [2.45, 2.75) is 13.5 Å². The molecule has 0 bridgehead atoms. The van der Waals surface area contributed by atoms with E-state index in [9.17, 15) is 0 Å². The Balaban J connectivity index is 1.72. The highest BCUT2D eigenvalue weighted by Crippen LogP contribution is 2.22. The van der Waals surface area contributed by atoms with Gasteiger partial charge in [0.2, 0.25) is 0 Å². The number of benzene rings is 2. The normalized spacial score (nSPS) is 10.5. The monoisotopic (exact) mass is 277 g/mol. The Bertz CT molecular complexity index is 686. The van der Waals surface area contributed by atoms with Crippen LogP contribution in [0.2, 0.25) is 0 Å². The van der Waals surface area contributed by atoms with Crippen LogP contribution in [0.5, 0.6) is 5.75 Å². The molecule has 0 atom stereocenters. The number of hydrogen-bond acceptors (Lipinski definition) is 1. The Morgan fingerprint density at radius 3 is 2.19 bits per heavy atom. The van der Waals surface area contributed by atoms with Crippen LogP contribution in [-0.4, -0.2) is 11.2 Å². The van der Waals surface area contributed by atoms with E-state index in [4.69, 9.17) is 4.74 Å². The number of aryl methyl sites for hydroxylation is 1. The van der Waals surface area contributed by atoms with E-state index in [-0.39, 0.29) is 0 Å². The molecule has 106 valence electrons. The maximum atomic E-state index is 5.80. The molecule has 0 saturated heterocycles. The van der Waals surface area contributed by atoms with Crippen molar-refractivity contribution in [3.63, 3.8) is 0 Å². The number of rotatable bonds is 5. The summed E-state index contributed by atoms with van der Waals surface area (Å²) in [4.78, 5) is 0. The molecule has 0 unspecified atom stereocenters. The zero-order valence-corrected chi connectivity index (χ0v) is 12.2. The standard InChI is InChI=1S/C19H19NO/c1-16-12-13-19(17-8-4-2-5-9-17)20(16)14-15-21-18-10-6-3-7-11-18/h2-13H,14-15H2,1H3. The minimum atomic E-state index is 0.666. The first-order valence-corrected chi connectivity index (χ1v) is 7.24. The van der Waals surface area contributed by atoms with E-state index in [0.29, 0.717) is 6.61 Å². The van der Waals surface area contributed by atoms with E-state index in [0.717, 1.165) is 12.3 Å². The number of hydrogen-bond donors (Lipinski definition) is 0. The molecule has 21 heavy (non-hydrogen) atoms. The third kappa shape index (κ3) is 3.16. The van der Waals surface area contributed by atoms with Gasteiger partial charge in [-0.15, -0.1) is 0 Å². The van der Waals surface area contributed by atoms with Crippen molar-refractivity contribution in [2.24, 2.45) is 0 Å². The molecule has 0 saturated carbocycles. The SMILES string of the molecule is Cc1ccc(-c2ccccc2)n1CCOc1ccccc1. The molecule has 2 nitrogen and oxygen atoms in total. The van der Waals surface area contributed by atoms with Gasteiger partial charge in [0.05, 0.1) is 6.54 Å². The second-order valence-electron chi connectivity index (χ2n) is 5.04. The van der Waals surface area contributed by atoms with Crippen molar-refractivity contribution in [1.29, 1.82) is 0 Å². The first-order valence-electron chi connectivity index (χ1n) is 7.24. The van der Waals surface area contributed by atoms with Gasteiger partial charge in [-0.1, -0.05) is 48.5 Å². The average molecular weight is 277 g/mol. The largest absolute Gasteiger partial charge is 0.492 e. The Labute approximate surface area is 125 Å². The van der Waals surface area contributed by atoms with Crippen molar-refractivity contribution in [1.82, 2.24) is 4.57 Å². The van der Waals surface area contributed by atoms with Gasteiger partial charge in [-0.25, -0.2) is 0 Å². The van der Waals surface area contributed by atoms with E-state index in [1.165, 1.54) is 17.0 Å². The van der Waals surface area contributed by atoms with Crippen molar-refractivity contribution >= 4 is 0 Å². The van der Waals surface area contributed by atoms with Crippen LogP contribution in [0.25, 0.3) is 11.3 Å². The number of para-hydroxylation sites is 1. The molecule has 2 heteroatoms. The Morgan fingerprint density at radius 1 is 0.810 bits per heavy atom. The van der Waals surface area contributed by atoms with Gasteiger partial charge in [0.25, 0.3) is 0 Å². The lowest BCUT2D eigenvalue weighted by Gasteiger charge is -2.13. The molecular formula is C19H19NO. The molecule has 3 rings (SSSR count). The maximum Gasteiger partial charge on any atom is 0.119 e. The Kier molecular flexibility index (Phi) is 4.06. The van der Waals surface area contributed by atoms with E-state index in [1.54, 1.807) is 0 Å². The third-order valence-electron chi connectivity index (χ3n) is 3.60. The van der Waals surface area contributed by atoms with Crippen molar-refractivity contribution in [2.75, 3.05) is 6.61 Å². The first kappa shape index (κ1) is 13.5. The van der Waals surface area contributed by atoms with Gasteiger partial charge < -0.3 is 9.30 Å². The van der Waals surface area contributed by atoms with E-state index >= 15 is 0 Å². The van der Waals surface area contributed by atoms with Gasteiger partial charge in [0.1, 0.15) is 12.4 Å². The summed E-state index contributed by atoms with van der Waals surface area (Å²) in [6.07, 6.45) is 0. The predicted molar refractivity (Wildman–Crippen MR) is 86.5 cm³/mol. The molecule has 0 aliphatic carbocycles. The van der Waals surface area contributed by atoms with Gasteiger partial charge in [0, 0.05) is 11.4 Å². The molecule has 1 heterocycles. The van der Waals surface area contributed by atoms with Crippen molar-refractivity contribution in [3.8, 4) is 17.0 Å². The van der Waals surface area contributed by atoms with Crippen molar-refractivity contribution in [3.05, 3.63) is 78.5 Å². The highest BCUT2D eigenvalue weighted by atomic mass is 16.5. The summed E-state index contributed by atoms with van der Waals surface area (Å²) < 4.78 is 8.11. The Morgan fingerprint density at radius 2 is 1.48 bits per heavy atom. The van der Waals surface area contributed by atoms with Crippen LogP contribution in [0.4, 0.5) is 0 Å². The summed E-state index contributed by atoms with van der Waals surface area (Å²) in [5.74, 6) is 0.920. The number of ether oxygens (including phenoxy) is 1. The summed E-state index contributed by atoms with van der Waals surface area (Å²) >= 11 is 0. The average Bonchev–Trinajstić information content (AvgIpc) is 2.91. The lowest BCUT2D eigenvalue weighted by Crippen LogP contribution is -2.10. The Hall–Kier alpha value is -2.48. The molecule has 2 aromatic carbocycles. The molecule has 1 aromatic heterocycles. The summed E-state index contributed by atoms with van der Waals surface area (Å²) in [5.41, 5.74) is 3.74. The fourth-order valence-corrected chi connectivity index (χ4v) is 2.50. The van der Waals surface area contributed by atoms with Crippen LogP contribution in [0.15, 0.2) is 72.8 Å². The lowest BCUT2D eigenvalue weighted by atomic mass is 10.1. The van der Waals surface area contributed by atoms with Gasteiger partial charge in [-0.2, -0.15) is 0 Å². The first-order chi connectivity index (χ1) is 10.3. The summed E-state index contributed by atoms with van der Waals surface area (Å²) in [6, 6.07) is 24.8. The van der Waals surface area contributed by atoms with Crippen LogP contribution < -0.4 is 4.74 Å². The molecule has 0 amide bonds. The number of aromatic nitrogens is 1. The van der Waals surface area contributed by atoms with Crippen LogP contribution in [0, 0.1) is 6.92 Å². The molecule has 0 aliphatic rings. The lowest BCUT2D eigenvalue weighted by molar-refractivity contribution is 0.298. The second kappa shape index (κ2) is 6.31. The minimum Gasteiger partial charge on any atom is -0.492 e. The van der Waals surface area contributed by atoms with E-state index in [2.05, 4.69) is 47.9 Å². The van der Waals surface area contributed by atoms with Crippen LogP contribution in [0.1, 0.15) is 5.69 Å². The van der Waals surface area contributed by atoms with Crippen LogP contribution >= 0.6 is 0 Å². The van der Waals surface area contributed by atoms with Crippen molar-refractivity contribution < 1.29 is 4.74 Å². The van der Waals surface area contributed by atoms with Crippen LogP contribution in [0.3, 0.4) is 0 Å². The third-order valence-corrected chi connectivity index (χ3v) is 3.60. The summed E-state index contributed by atoms with van der Waals surface area (Å²) in [7, 11) is 0. The molecule has 0 spiro atoms. The maximum absolute atomic E-state index is 5.80. The zero-order valence-electron chi connectivity index (χ0n) is 12.2. The topological polar surface area (TPSA) is 14.2 Å². The fraction of sp³-hybridized carbons (Fsp3) is 0.158. The van der Waals surface area contributed by atoms with E-state index in [1.807, 2.05) is 36.4 Å².